The van der Waals surface area contributed by atoms with Crippen molar-refractivity contribution in [2.24, 2.45) is 0 Å². The quantitative estimate of drug-likeness (QED) is 0.346. The van der Waals surface area contributed by atoms with Gasteiger partial charge in [-0.2, -0.15) is 26.3 Å². The number of benzene rings is 2. The van der Waals surface area contributed by atoms with Gasteiger partial charge in [0.25, 0.3) is 0 Å². The predicted molar refractivity (Wildman–Crippen MR) is 150 cm³/mol. The van der Waals surface area contributed by atoms with E-state index in [1.165, 1.54) is 37.9 Å². The number of piperidine rings is 1. The van der Waals surface area contributed by atoms with Gasteiger partial charge in [-0.15, -0.1) is 0 Å². The van der Waals surface area contributed by atoms with Crippen LogP contribution in [0.25, 0.3) is 0 Å². The highest BCUT2D eigenvalue weighted by Gasteiger charge is 2.39. The zero-order valence-corrected chi connectivity index (χ0v) is 25.1. The minimum Gasteiger partial charge on any atom is -0.340 e. The predicted octanol–water partition coefficient (Wildman–Crippen LogP) is 6.70. The van der Waals surface area contributed by atoms with Crippen molar-refractivity contribution in [3.05, 3.63) is 70.0 Å². The Bertz CT molecular complexity index is 1320. The van der Waals surface area contributed by atoms with E-state index in [9.17, 15) is 40.3 Å². The molecule has 2 aliphatic rings. The third-order valence-electron chi connectivity index (χ3n) is 8.74. The molecule has 0 spiro atoms. The second-order valence-corrected chi connectivity index (χ2v) is 11.8. The number of rotatable bonds is 5. The molecule has 2 aliphatic heterocycles. The van der Waals surface area contributed by atoms with Gasteiger partial charge < -0.3 is 14.7 Å². The van der Waals surface area contributed by atoms with Crippen molar-refractivity contribution in [2.75, 3.05) is 46.3 Å². The third kappa shape index (κ3) is 7.65. The molecule has 3 atom stereocenters. The summed E-state index contributed by atoms with van der Waals surface area (Å²) in [5, 5.41) is 0. The highest BCUT2D eigenvalue weighted by molar-refractivity contribution is 5.75. The number of hydrogen-bond donors (Lipinski definition) is 0. The molecule has 4 rings (SSSR count). The van der Waals surface area contributed by atoms with Crippen LogP contribution in [0.15, 0.2) is 36.4 Å². The molecular formula is C31H37F7N4O2. The Morgan fingerprint density at radius 1 is 0.932 bits per heavy atom. The Hall–Kier alpha value is -3.35. The topological polar surface area (TPSA) is 47.1 Å². The van der Waals surface area contributed by atoms with Crippen LogP contribution >= 0.6 is 0 Å². The first-order chi connectivity index (χ1) is 20.5. The maximum atomic E-state index is 14.0. The van der Waals surface area contributed by atoms with Crippen LogP contribution in [-0.4, -0.2) is 83.9 Å². The van der Waals surface area contributed by atoms with Crippen molar-refractivity contribution in [1.82, 2.24) is 19.6 Å². The molecule has 3 amide bonds. The van der Waals surface area contributed by atoms with Gasteiger partial charge in [-0.3, -0.25) is 9.69 Å². The van der Waals surface area contributed by atoms with Gasteiger partial charge in [0.2, 0.25) is 5.91 Å². The number of carbonyl (C=O) groups is 2. The summed E-state index contributed by atoms with van der Waals surface area (Å²) < 4.78 is 94.6. The molecule has 6 nitrogen and oxygen atoms in total. The van der Waals surface area contributed by atoms with Gasteiger partial charge in [0, 0.05) is 59.3 Å². The number of nitrogens with zero attached hydrogens (tertiary/aromatic N) is 4. The molecule has 0 N–H and O–H groups in total. The number of piperazine rings is 1. The van der Waals surface area contributed by atoms with Crippen LogP contribution in [0.2, 0.25) is 0 Å². The van der Waals surface area contributed by atoms with E-state index in [0.29, 0.717) is 63.3 Å². The number of halogens is 7. The molecule has 0 saturated carbocycles. The van der Waals surface area contributed by atoms with Crippen LogP contribution in [0.5, 0.6) is 0 Å². The third-order valence-corrected chi connectivity index (χ3v) is 8.74. The SMILES string of the molecule is CC(=O)N1CCN(C2CCN(C(=O)N(C)C[C@H](C)c3cc(C(F)(F)F)cc(C(F)(F)F)c3)[C@H](c3ccc(F)cc3C)C2)CC1. The standard InChI is InChI=1S/C31H37F7N4O2/c1-19-13-25(32)5-6-27(19)28-17-26(41-11-9-40(10-12-41)21(3)43)7-8-42(28)29(44)39(4)18-20(2)22-14-23(30(33,34)35)16-24(15-22)31(36,37)38/h5-6,13-16,20,26,28H,7-12,17-18H2,1-4H3/t20-,26?,28-/m0/s1. The molecule has 0 aromatic heterocycles. The zero-order chi connectivity index (χ0) is 32.6. The fourth-order valence-electron chi connectivity index (χ4n) is 6.29. The lowest BCUT2D eigenvalue weighted by Gasteiger charge is -2.47. The molecule has 1 unspecified atom stereocenters. The fraction of sp³-hybridized carbons (Fsp3) is 0.548. The summed E-state index contributed by atoms with van der Waals surface area (Å²) >= 11 is 0. The Balaban J connectivity index is 1.55. The number of likely N-dealkylation sites (tertiary alicyclic amines) is 1. The van der Waals surface area contributed by atoms with E-state index >= 15 is 0 Å². The van der Waals surface area contributed by atoms with Crippen LogP contribution in [0, 0.1) is 12.7 Å². The summed E-state index contributed by atoms with van der Waals surface area (Å²) in [6.07, 6.45) is -8.76. The second kappa shape index (κ2) is 12.9. The molecular weight excluding hydrogens is 593 g/mol. The molecule has 0 radical (unpaired) electrons. The van der Waals surface area contributed by atoms with Crippen molar-refractivity contribution in [3.8, 4) is 0 Å². The van der Waals surface area contributed by atoms with Gasteiger partial charge in [-0.25, -0.2) is 9.18 Å². The minimum absolute atomic E-state index is 0.0157. The monoisotopic (exact) mass is 630 g/mol. The van der Waals surface area contributed by atoms with E-state index < -0.39 is 47.3 Å². The van der Waals surface area contributed by atoms with Crippen LogP contribution < -0.4 is 0 Å². The summed E-state index contributed by atoms with van der Waals surface area (Å²) in [4.78, 5) is 32.7. The van der Waals surface area contributed by atoms with Crippen LogP contribution in [0.1, 0.15) is 66.5 Å². The van der Waals surface area contributed by atoms with Gasteiger partial charge in [-0.05, 0) is 72.7 Å². The lowest BCUT2D eigenvalue weighted by molar-refractivity contribution is -0.143. The van der Waals surface area contributed by atoms with E-state index in [4.69, 9.17) is 0 Å². The van der Waals surface area contributed by atoms with Crippen molar-refractivity contribution in [2.45, 2.75) is 64.0 Å². The highest BCUT2D eigenvalue weighted by atomic mass is 19.4. The average Bonchev–Trinajstić information content (AvgIpc) is 2.95. The first-order valence-electron chi connectivity index (χ1n) is 14.5. The second-order valence-electron chi connectivity index (χ2n) is 11.8. The van der Waals surface area contributed by atoms with Crippen molar-refractivity contribution < 1.29 is 40.3 Å². The van der Waals surface area contributed by atoms with E-state index in [-0.39, 0.29) is 30.1 Å². The molecule has 2 heterocycles. The number of urea groups is 1. The van der Waals surface area contributed by atoms with Crippen molar-refractivity contribution >= 4 is 11.9 Å². The summed E-state index contributed by atoms with van der Waals surface area (Å²) in [6.45, 7) is 7.55. The molecule has 13 heteroatoms. The summed E-state index contributed by atoms with van der Waals surface area (Å²) in [5.74, 6) is -1.24. The van der Waals surface area contributed by atoms with Gasteiger partial charge in [-0.1, -0.05) is 13.0 Å². The fourth-order valence-corrected chi connectivity index (χ4v) is 6.29. The smallest absolute Gasteiger partial charge is 0.340 e. The Labute approximate surface area is 252 Å². The van der Waals surface area contributed by atoms with E-state index in [0.717, 1.165) is 5.56 Å². The Kier molecular flexibility index (Phi) is 9.87. The first kappa shape index (κ1) is 33.5. The molecule has 0 bridgehead atoms. The lowest BCUT2D eigenvalue weighted by atomic mass is 9.88. The maximum Gasteiger partial charge on any atom is 0.416 e. The largest absolute Gasteiger partial charge is 0.416 e. The lowest BCUT2D eigenvalue weighted by Crippen LogP contribution is -2.56. The molecule has 0 aliphatic carbocycles. The number of hydrogen-bond acceptors (Lipinski definition) is 3. The van der Waals surface area contributed by atoms with Gasteiger partial charge in [0.15, 0.2) is 0 Å². The Morgan fingerprint density at radius 2 is 1.52 bits per heavy atom. The van der Waals surface area contributed by atoms with Gasteiger partial charge in [0.05, 0.1) is 17.2 Å². The average molecular weight is 631 g/mol. The summed E-state index contributed by atoms with van der Waals surface area (Å²) in [5.41, 5.74) is -1.56. The van der Waals surface area contributed by atoms with Crippen molar-refractivity contribution in [1.29, 1.82) is 0 Å². The highest BCUT2D eigenvalue weighted by Crippen LogP contribution is 2.39. The molecule has 242 valence electrons. The number of amides is 3. The zero-order valence-electron chi connectivity index (χ0n) is 25.1. The molecule has 2 aromatic carbocycles. The van der Waals surface area contributed by atoms with E-state index in [1.54, 1.807) is 22.8 Å². The van der Waals surface area contributed by atoms with Crippen LogP contribution in [0.3, 0.4) is 0 Å². The molecule has 2 saturated heterocycles. The Morgan fingerprint density at radius 3 is 2.05 bits per heavy atom. The summed E-state index contributed by atoms with van der Waals surface area (Å²) in [6, 6.07) is 5.09. The summed E-state index contributed by atoms with van der Waals surface area (Å²) in [7, 11) is 1.47. The van der Waals surface area contributed by atoms with Gasteiger partial charge in [0.1, 0.15) is 5.82 Å². The number of carbonyl (C=O) groups excluding carboxylic acids is 2. The number of aryl methyl sites for hydroxylation is 1. The minimum atomic E-state index is -4.97. The maximum absolute atomic E-state index is 14.0. The van der Waals surface area contributed by atoms with E-state index in [1.807, 2.05) is 0 Å². The van der Waals surface area contributed by atoms with Crippen LogP contribution in [-0.2, 0) is 17.1 Å². The van der Waals surface area contributed by atoms with E-state index in [2.05, 4.69) is 4.90 Å². The number of likely N-dealkylation sites (N-methyl/N-ethyl adjacent to an activating group) is 1. The first-order valence-corrected chi connectivity index (χ1v) is 14.5. The normalized spacial score (nSPS) is 20.9. The number of alkyl halides is 6. The molecule has 2 fully saturated rings. The molecule has 2 aromatic rings. The van der Waals surface area contributed by atoms with Crippen molar-refractivity contribution in [3.63, 3.8) is 0 Å². The molecule has 44 heavy (non-hydrogen) atoms. The van der Waals surface area contributed by atoms with Gasteiger partial charge >= 0.3 is 18.4 Å². The van der Waals surface area contributed by atoms with Crippen LogP contribution in [0.4, 0.5) is 35.5 Å².